The Morgan fingerprint density at radius 3 is 2.56 bits per heavy atom. The summed E-state index contributed by atoms with van der Waals surface area (Å²) in [5.74, 6) is 0.897. The maximum Gasteiger partial charge on any atom is 0.220 e. The zero-order valence-corrected chi connectivity index (χ0v) is 16.7. The molecule has 146 valence electrons. The number of morpholine rings is 1. The van der Waals surface area contributed by atoms with Crippen molar-refractivity contribution in [1.29, 1.82) is 0 Å². The predicted octanol–water partition coefficient (Wildman–Crippen LogP) is 3.79. The van der Waals surface area contributed by atoms with Crippen LogP contribution in [0.4, 0.5) is 0 Å². The van der Waals surface area contributed by atoms with Gasteiger partial charge in [-0.15, -0.1) is 0 Å². The third kappa shape index (κ3) is 5.34. The fourth-order valence-corrected chi connectivity index (χ4v) is 3.58. The van der Waals surface area contributed by atoms with Crippen molar-refractivity contribution in [1.82, 2.24) is 10.2 Å². The first kappa shape index (κ1) is 19.9. The molecule has 1 aliphatic rings. The Morgan fingerprint density at radius 2 is 1.93 bits per heavy atom. The van der Waals surface area contributed by atoms with Gasteiger partial charge < -0.3 is 14.5 Å². The first-order valence-electron chi connectivity index (χ1n) is 9.34. The summed E-state index contributed by atoms with van der Waals surface area (Å²) in [5, 5.41) is 3.80. The van der Waals surface area contributed by atoms with E-state index in [-0.39, 0.29) is 17.4 Å². The minimum absolute atomic E-state index is 0.0199. The van der Waals surface area contributed by atoms with Gasteiger partial charge in [-0.05, 0) is 35.2 Å². The van der Waals surface area contributed by atoms with Crippen molar-refractivity contribution in [3.63, 3.8) is 0 Å². The molecular formula is C21H27ClN2O3. The summed E-state index contributed by atoms with van der Waals surface area (Å²) in [4.78, 5) is 14.9. The van der Waals surface area contributed by atoms with Crippen LogP contribution in [0.1, 0.15) is 37.6 Å². The molecule has 1 atom stereocenters. The first-order valence-corrected chi connectivity index (χ1v) is 9.71. The van der Waals surface area contributed by atoms with Crippen LogP contribution in [-0.2, 0) is 14.9 Å². The molecule has 1 aromatic carbocycles. The molecule has 3 rings (SSSR count). The summed E-state index contributed by atoms with van der Waals surface area (Å²) in [6, 6.07) is 11.6. The number of amides is 1. The molecule has 0 saturated carbocycles. The number of rotatable bonds is 7. The van der Waals surface area contributed by atoms with Crippen LogP contribution in [0.2, 0.25) is 5.02 Å². The van der Waals surface area contributed by atoms with Gasteiger partial charge in [-0.3, -0.25) is 9.69 Å². The number of halogens is 1. The Balaban J connectivity index is 1.61. The molecule has 1 fully saturated rings. The minimum atomic E-state index is -0.270. The van der Waals surface area contributed by atoms with Crippen molar-refractivity contribution in [3.05, 3.63) is 59.0 Å². The second-order valence-electron chi connectivity index (χ2n) is 7.55. The summed E-state index contributed by atoms with van der Waals surface area (Å²) < 4.78 is 11.1. The smallest absolute Gasteiger partial charge is 0.220 e. The number of hydrogen-bond donors (Lipinski definition) is 1. The molecule has 0 radical (unpaired) electrons. The van der Waals surface area contributed by atoms with E-state index in [9.17, 15) is 4.79 Å². The van der Waals surface area contributed by atoms with Gasteiger partial charge in [0.25, 0.3) is 0 Å². The van der Waals surface area contributed by atoms with Gasteiger partial charge in [0.05, 0.1) is 25.5 Å². The molecule has 2 heterocycles. The van der Waals surface area contributed by atoms with Gasteiger partial charge in [0.15, 0.2) is 0 Å². The van der Waals surface area contributed by atoms with E-state index in [0.29, 0.717) is 31.2 Å². The maximum absolute atomic E-state index is 12.6. The number of carbonyl (C=O) groups is 1. The summed E-state index contributed by atoms with van der Waals surface area (Å²) >= 11 is 5.97. The molecule has 1 saturated heterocycles. The van der Waals surface area contributed by atoms with Crippen molar-refractivity contribution >= 4 is 17.5 Å². The maximum atomic E-state index is 12.6. The quantitative estimate of drug-likeness (QED) is 0.781. The van der Waals surface area contributed by atoms with Gasteiger partial charge in [0.1, 0.15) is 5.76 Å². The van der Waals surface area contributed by atoms with Gasteiger partial charge >= 0.3 is 0 Å². The van der Waals surface area contributed by atoms with Crippen LogP contribution < -0.4 is 5.32 Å². The highest BCUT2D eigenvalue weighted by Gasteiger charge is 2.28. The van der Waals surface area contributed by atoms with E-state index in [1.165, 1.54) is 0 Å². The van der Waals surface area contributed by atoms with Gasteiger partial charge in [-0.2, -0.15) is 0 Å². The summed E-state index contributed by atoms with van der Waals surface area (Å²) in [6.07, 6.45) is 2.08. The third-order valence-electron chi connectivity index (χ3n) is 5.08. The number of hydrogen-bond acceptors (Lipinski definition) is 4. The highest BCUT2D eigenvalue weighted by Crippen LogP contribution is 2.28. The van der Waals surface area contributed by atoms with Crippen LogP contribution in [0.3, 0.4) is 0 Å². The molecule has 5 nitrogen and oxygen atoms in total. The Bertz CT molecular complexity index is 722. The van der Waals surface area contributed by atoms with Crippen molar-refractivity contribution in [2.24, 2.45) is 0 Å². The summed E-state index contributed by atoms with van der Waals surface area (Å²) in [5.41, 5.74) is 0.825. The fraction of sp³-hybridized carbons (Fsp3) is 0.476. The lowest BCUT2D eigenvalue weighted by Gasteiger charge is -2.33. The highest BCUT2D eigenvalue weighted by atomic mass is 35.5. The van der Waals surface area contributed by atoms with E-state index in [0.717, 1.165) is 24.4 Å². The first-order chi connectivity index (χ1) is 13.0. The number of nitrogens with one attached hydrogen (secondary N) is 1. The van der Waals surface area contributed by atoms with E-state index in [4.69, 9.17) is 20.8 Å². The molecular weight excluding hydrogens is 364 g/mol. The number of benzene rings is 1. The molecule has 2 aromatic rings. The van der Waals surface area contributed by atoms with E-state index < -0.39 is 0 Å². The summed E-state index contributed by atoms with van der Waals surface area (Å²) in [7, 11) is 0. The van der Waals surface area contributed by atoms with Crippen molar-refractivity contribution in [3.8, 4) is 0 Å². The lowest BCUT2D eigenvalue weighted by molar-refractivity contribution is -0.122. The van der Waals surface area contributed by atoms with Crippen LogP contribution in [0.25, 0.3) is 0 Å². The minimum Gasteiger partial charge on any atom is -0.468 e. The molecule has 0 spiro atoms. The number of nitrogens with zero attached hydrogens (tertiary/aromatic N) is 1. The molecule has 0 bridgehead atoms. The standard InChI is InChI=1S/C21H27ClN2O3/c1-21(2,16-5-7-17(22)8-6-16)14-20(25)23-15-18(19-4-3-11-27-19)24-9-12-26-13-10-24/h3-8,11,18H,9-10,12-15H2,1-2H3,(H,23,25). The molecule has 1 aromatic heterocycles. The fourth-order valence-electron chi connectivity index (χ4n) is 3.46. The molecule has 27 heavy (non-hydrogen) atoms. The molecule has 6 heteroatoms. The highest BCUT2D eigenvalue weighted by molar-refractivity contribution is 6.30. The van der Waals surface area contributed by atoms with Gasteiger partial charge in [0.2, 0.25) is 5.91 Å². The monoisotopic (exact) mass is 390 g/mol. The SMILES string of the molecule is CC(C)(CC(=O)NCC(c1ccco1)N1CCOCC1)c1ccc(Cl)cc1. The van der Waals surface area contributed by atoms with E-state index in [1.54, 1.807) is 6.26 Å². The van der Waals surface area contributed by atoms with E-state index in [1.807, 2.05) is 36.4 Å². The lowest BCUT2D eigenvalue weighted by Crippen LogP contribution is -2.44. The molecule has 1 N–H and O–H groups in total. The normalized spacial score (nSPS) is 16.9. The van der Waals surface area contributed by atoms with Gasteiger partial charge in [-0.25, -0.2) is 0 Å². The molecule has 0 aliphatic carbocycles. The van der Waals surface area contributed by atoms with E-state index in [2.05, 4.69) is 24.1 Å². The summed E-state index contributed by atoms with van der Waals surface area (Å²) in [6.45, 7) is 7.73. The van der Waals surface area contributed by atoms with Crippen molar-refractivity contribution < 1.29 is 13.9 Å². The molecule has 1 unspecified atom stereocenters. The van der Waals surface area contributed by atoms with Crippen LogP contribution in [0, 0.1) is 0 Å². The second-order valence-corrected chi connectivity index (χ2v) is 7.99. The molecule has 1 aliphatic heterocycles. The Kier molecular flexibility index (Phi) is 6.58. The second kappa shape index (κ2) is 8.91. The van der Waals surface area contributed by atoms with Gasteiger partial charge in [-0.1, -0.05) is 37.6 Å². The van der Waals surface area contributed by atoms with Crippen LogP contribution >= 0.6 is 11.6 Å². The number of ether oxygens (including phenoxy) is 1. The zero-order chi connectivity index (χ0) is 19.3. The van der Waals surface area contributed by atoms with Gasteiger partial charge in [0, 0.05) is 31.1 Å². The largest absolute Gasteiger partial charge is 0.468 e. The number of furan rings is 1. The third-order valence-corrected chi connectivity index (χ3v) is 5.33. The van der Waals surface area contributed by atoms with Crippen LogP contribution in [0.15, 0.2) is 47.1 Å². The Labute approximate surface area is 165 Å². The van der Waals surface area contributed by atoms with Crippen LogP contribution in [0.5, 0.6) is 0 Å². The van der Waals surface area contributed by atoms with Crippen molar-refractivity contribution in [2.75, 3.05) is 32.8 Å². The topological polar surface area (TPSA) is 54.7 Å². The number of carbonyl (C=O) groups excluding carboxylic acids is 1. The van der Waals surface area contributed by atoms with E-state index >= 15 is 0 Å². The average Bonchev–Trinajstić information content (AvgIpc) is 3.17. The zero-order valence-electron chi connectivity index (χ0n) is 15.9. The average molecular weight is 391 g/mol. The lowest BCUT2D eigenvalue weighted by atomic mass is 9.81. The molecule has 1 amide bonds. The predicted molar refractivity (Wildman–Crippen MR) is 106 cm³/mol. The Hall–Kier alpha value is -1.82. The Morgan fingerprint density at radius 1 is 1.22 bits per heavy atom. The van der Waals surface area contributed by atoms with Crippen molar-refractivity contribution in [2.45, 2.75) is 31.7 Å². The van der Waals surface area contributed by atoms with Crippen LogP contribution in [-0.4, -0.2) is 43.7 Å².